The molecule has 0 aliphatic heterocycles. The van der Waals surface area contributed by atoms with Gasteiger partial charge >= 0.3 is 5.97 Å². The molecule has 0 saturated heterocycles. The molecule has 1 heterocycles. The van der Waals surface area contributed by atoms with Gasteiger partial charge in [0.05, 0.1) is 7.11 Å². The minimum Gasteiger partial charge on any atom is -0.465 e. The van der Waals surface area contributed by atoms with Crippen molar-refractivity contribution in [3.8, 4) is 0 Å². The number of furan rings is 1. The van der Waals surface area contributed by atoms with Gasteiger partial charge in [-0.3, -0.25) is 0 Å². The van der Waals surface area contributed by atoms with E-state index in [2.05, 4.69) is 4.74 Å². The summed E-state index contributed by atoms with van der Waals surface area (Å²) in [5, 5.41) is 0. The SMILES string of the molecule is COC(=O)c1cc(C(C)(C)C)oc1C. The fraction of sp³-hybridized carbons (Fsp3) is 0.545. The normalized spacial score (nSPS) is 11.5. The number of carbonyl (C=O) groups excluding carboxylic acids is 1. The zero-order valence-electron chi connectivity index (χ0n) is 9.30. The lowest BCUT2D eigenvalue weighted by Gasteiger charge is -2.13. The highest BCUT2D eigenvalue weighted by Gasteiger charge is 2.23. The fourth-order valence-electron chi connectivity index (χ4n) is 1.16. The lowest BCUT2D eigenvalue weighted by atomic mass is 9.93. The van der Waals surface area contributed by atoms with Crippen LogP contribution < -0.4 is 0 Å². The zero-order valence-corrected chi connectivity index (χ0v) is 9.30. The Balaban J connectivity index is 3.12. The molecular formula is C11H16O3. The van der Waals surface area contributed by atoms with E-state index in [1.807, 2.05) is 20.8 Å². The molecule has 0 atom stereocenters. The smallest absolute Gasteiger partial charge is 0.341 e. The van der Waals surface area contributed by atoms with Gasteiger partial charge in [-0.2, -0.15) is 0 Å². The van der Waals surface area contributed by atoms with Gasteiger partial charge in [-0.15, -0.1) is 0 Å². The summed E-state index contributed by atoms with van der Waals surface area (Å²) in [6, 6.07) is 1.75. The number of hydrogen-bond donors (Lipinski definition) is 0. The topological polar surface area (TPSA) is 39.4 Å². The van der Waals surface area contributed by atoms with Crippen LogP contribution >= 0.6 is 0 Å². The Hall–Kier alpha value is -1.25. The Labute approximate surface area is 84.1 Å². The molecule has 3 heteroatoms. The van der Waals surface area contributed by atoms with Crippen LogP contribution in [0.4, 0.5) is 0 Å². The Bertz CT molecular complexity index is 342. The van der Waals surface area contributed by atoms with Crippen molar-refractivity contribution in [2.45, 2.75) is 33.1 Å². The van der Waals surface area contributed by atoms with Crippen LogP contribution in [0.1, 0.15) is 42.6 Å². The first-order chi connectivity index (χ1) is 6.36. The van der Waals surface area contributed by atoms with Crippen LogP contribution in [0, 0.1) is 6.92 Å². The maximum atomic E-state index is 11.3. The molecule has 3 nitrogen and oxygen atoms in total. The highest BCUT2D eigenvalue weighted by molar-refractivity contribution is 5.90. The van der Waals surface area contributed by atoms with Crippen LogP contribution in [0.2, 0.25) is 0 Å². The van der Waals surface area contributed by atoms with Gasteiger partial charge in [0.1, 0.15) is 17.1 Å². The van der Waals surface area contributed by atoms with Gasteiger partial charge in [-0.1, -0.05) is 20.8 Å². The molecule has 0 spiro atoms. The number of hydrogen-bond acceptors (Lipinski definition) is 3. The summed E-state index contributed by atoms with van der Waals surface area (Å²) in [6.07, 6.45) is 0. The number of ether oxygens (including phenoxy) is 1. The molecule has 0 saturated carbocycles. The van der Waals surface area contributed by atoms with E-state index in [1.165, 1.54) is 7.11 Å². The predicted octanol–water partition coefficient (Wildman–Crippen LogP) is 2.67. The predicted molar refractivity (Wildman–Crippen MR) is 53.5 cm³/mol. The third-order valence-electron chi connectivity index (χ3n) is 2.06. The number of esters is 1. The standard InChI is InChI=1S/C11H16O3/c1-7-8(10(12)13-5)6-9(14-7)11(2,3)4/h6H,1-5H3. The van der Waals surface area contributed by atoms with Gasteiger partial charge in [0.2, 0.25) is 0 Å². The summed E-state index contributed by atoms with van der Waals surface area (Å²) in [4.78, 5) is 11.3. The highest BCUT2D eigenvalue weighted by atomic mass is 16.5. The first-order valence-electron chi connectivity index (χ1n) is 4.55. The van der Waals surface area contributed by atoms with E-state index in [1.54, 1.807) is 13.0 Å². The average Bonchev–Trinajstić information content (AvgIpc) is 2.45. The fourth-order valence-corrected chi connectivity index (χ4v) is 1.16. The first-order valence-corrected chi connectivity index (χ1v) is 4.55. The van der Waals surface area contributed by atoms with E-state index < -0.39 is 0 Å². The van der Waals surface area contributed by atoms with Crippen LogP contribution in [0.15, 0.2) is 10.5 Å². The van der Waals surface area contributed by atoms with Crippen molar-refractivity contribution >= 4 is 5.97 Å². The van der Waals surface area contributed by atoms with Crippen LogP contribution in [-0.2, 0) is 10.2 Å². The van der Waals surface area contributed by atoms with Crippen molar-refractivity contribution in [1.82, 2.24) is 0 Å². The Morgan fingerprint density at radius 2 is 2.00 bits per heavy atom. The Morgan fingerprint density at radius 1 is 1.43 bits per heavy atom. The molecule has 0 aliphatic carbocycles. The molecule has 0 bridgehead atoms. The zero-order chi connectivity index (χ0) is 10.9. The van der Waals surface area contributed by atoms with Crippen molar-refractivity contribution in [2.75, 3.05) is 7.11 Å². The van der Waals surface area contributed by atoms with E-state index in [0.717, 1.165) is 5.76 Å². The number of rotatable bonds is 1. The third-order valence-corrected chi connectivity index (χ3v) is 2.06. The van der Waals surface area contributed by atoms with Crippen LogP contribution in [0.3, 0.4) is 0 Å². The van der Waals surface area contributed by atoms with E-state index in [9.17, 15) is 4.79 Å². The van der Waals surface area contributed by atoms with Crippen LogP contribution in [0.5, 0.6) is 0 Å². The molecule has 1 rings (SSSR count). The summed E-state index contributed by atoms with van der Waals surface area (Å²) in [5.74, 6) is 1.07. The molecule has 14 heavy (non-hydrogen) atoms. The molecule has 0 amide bonds. The van der Waals surface area contributed by atoms with Gasteiger partial charge in [-0.05, 0) is 13.0 Å². The molecule has 0 radical (unpaired) electrons. The minimum absolute atomic E-state index is 0.0863. The van der Waals surface area contributed by atoms with Crippen LogP contribution in [-0.4, -0.2) is 13.1 Å². The highest BCUT2D eigenvalue weighted by Crippen LogP contribution is 2.27. The lowest BCUT2D eigenvalue weighted by molar-refractivity contribution is 0.0599. The maximum Gasteiger partial charge on any atom is 0.341 e. The number of carbonyl (C=O) groups is 1. The van der Waals surface area contributed by atoms with Crippen molar-refractivity contribution < 1.29 is 13.9 Å². The third kappa shape index (κ3) is 1.97. The first kappa shape index (κ1) is 10.8. The van der Waals surface area contributed by atoms with E-state index in [4.69, 9.17) is 4.42 Å². The molecule has 0 N–H and O–H groups in total. The summed E-state index contributed by atoms with van der Waals surface area (Å²) in [5.41, 5.74) is 0.425. The van der Waals surface area contributed by atoms with E-state index in [-0.39, 0.29) is 11.4 Å². The summed E-state index contributed by atoms with van der Waals surface area (Å²) >= 11 is 0. The van der Waals surface area contributed by atoms with Gasteiger partial charge in [-0.25, -0.2) is 4.79 Å². The largest absolute Gasteiger partial charge is 0.465 e. The lowest BCUT2D eigenvalue weighted by Crippen LogP contribution is -2.09. The Morgan fingerprint density at radius 3 is 2.36 bits per heavy atom. The minimum atomic E-state index is -0.346. The molecule has 0 unspecified atom stereocenters. The van der Waals surface area contributed by atoms with Gasteiger partial charge in [0, 0.05) is 5.41 Å². The van der Waals surface area contributed by atoms with Crippen molar-refractivity contribution in [2.24, 2.45) is 0 Å². The quantitative estimate of drug-likeness (QED) is 0.648. The van der Waals surface area contributed by atoms with Crippen molar-refractivity contribution in [3.05, 3.63) is 23.2 Å². The summed E-state index contributed by atoms with van der Waals surface area (Å²) in [6.45, 7) is 7.87. The van der Waals surface area contributed by atoms with Crippen LogP contribution in [0.25, 0.3) is 0 Å². The van der Waals surface area contributed by atoms with E-state index >= 15 is 0 Å². The Kier molecular flexibility index (Phi) is 2.69. The monoisotopic (exact) mass is 196 g/mol. The molecular weight excluding hydrogens is 180 g/mol. The summed E-state index contributed by atoms with van der Waals surface area (Å²) < 4.78 is 10.1. The molecule has 1 aromatic rings. The average molecular weight is 196 g/mol. The molecule has 0 aliphatic rings. The second kappa shape index (κ2) is 3.48. The molecule has 0 fully saturated rings. The second-order valence-corrected chi connectivity index (χ2v) is 4.32. The van der Waals surface area contributed by atoms with Gasteiger partial charge in [0.15, 0.2) is 0 Å². The van der Waals surface area contributed by atoms with Crippen molar-refractivity contribution in [3.63, 3.8) is 0 Å². The second-order valence-electron chi connectivity index (χ2n) is 4.32. The maximum absolute atomic E-state index is 11.3. The summed E-state index contributed by atoms with van der Waals surface area (Å²) in [7, 11) is 1.37. The molecule has 0 aromatic carbocycles. The van der Waals surface area contributed by atoms with Gasteiger partial charge in [0.25, 0.3) is 0 Å². The molecule has 1 aromatic heterocycles. The van der Waals surface area contributed by atoms with Crippen molar-refractivity contribution in [1.29, 1.82) is 0 Å². The molecule has 78 valence electrons. The van der Waals surface area contributed by atoms with Gasteiger partial charge < -0.3 is 9.15 Å². The van der Waals surface area contributed by atoms with E-state index in [0.29, 0.717) is 11.3 Å². The number of aryl methyl sites for hydroxylation is 1. The number of methoxy groups -OCH3 is 1.